The molecular weight excluding hydrogens is 318 g/mol. The SMILES string of the molecule is CCN(c1ccc(NC(=O)c2cccc(C)c2[N+](=O)[O-])cc1)C(C)C. The standard InChI is InChI=1S/C19H23N3O3/c1-5-21(13(2)3)16-11-9-15(10-12-16)20-19(23)17-8-6-7-14(4)18(17)22(24)25/h6-13H,5H2,1-4H3,(H,20,23). The van der Waals surface area contributed by atoms with Gasteiger partial charge in [0.25, 0.3) is 11.6 Å². The minimum atomic E-state index is -0.519. The van der Waals surface area contributed by atoms with Crippen molar-refractivity contribution in [2.75, 3.05) is 16.8 Å². The predicted molar refractivity (Wildman–Crippen MR) is 100 cm³/mol. The summed E-state index contributed by atoms with van der Waals surface area (Å²) < 4.78 is 0. The first-order valence-corrected chi connectivity index (χ1v) is 8.27. The molecule has 0 bridgehead atoms. The molecule has 2 rings (SSSR count). The number of nitro groups is 1. The van der Waals surface area contributed by atoms with Crippen LogP contribution in [0.25, 0.3) is 0 Å². The van der Waals surface area contributed by atoms with Gasteiger partial charge in [0.1, 0.15) is 5.56 Å². The average molecular weight is 341 g/mol. The number of benzene rings is 2. The van der Waals surface area contributed by atoms with E-state index in [-0.39, 0.29) is 11.3 Å². The Morgan fingerprint density at radius 2 is 1.84 bits per heavy atom. The summed E-state index contributed by atoms with van der Waals surface area (Å²) in [4.78, 5) is 25.4. The van der Waals surface area contributed by atoms with Crippen LogP contribution in [0.3, 0.4) is 0 Å². The number of rotatable bonds is 6. The molecular formula is C19H23N3O3. The van der Waals surface area contributed by atoms with Gasteiger partial charge in [-0.15, -0.1) is 0 Å². The number of carbonyl (C=O) groups is 1. The van der Waals surface area contributed by atoms with Gasteiger partial charge in [-0.1, -0.05) is 12.1 Å². The van der Waals surface area contributed by atoms with Gasteiger partial charge in [-0.3, -0.25) is 14.9 Å². The first kappa shape index (κ1) is 18.4. The van der Waals surface area contributed by atoms with Crippen molar-refractivity contribution in [3.8, 4) is 0 Å². The molecule has 2 aromatic rings. The third kappa shape index (κ3) is 4.15. The second kappa shape index (κ2) is 7.79. The summed E-state index contributed by atoms with van der Waals surface area (Å²) in [6.07, 6.45) is 0. The van der Waals surface area contributed by atoms with Gasteiger partial charge < -0.3 is 10.2 Å². The number of nitrogens with one attached hydrogen (secondary N) is 1. The van der Waals surface area contributed by atoms with Gasteiger partial charge in [0.2, 0.25) is 0 Å². The van der Waals surface area contributed by atoms with Gasteiger partial charge in [-0.05, 0) is 58.0 Å². The van der Waals surface area contributed by atoms with E-state index in [1.54, 1.807) is 31.2 Å². The van der Waals surface area contributed by atoms with E-state index in [9.17, 15) is 14.9 Å². The third-order valence-corrected chi connectivity index (χ3v) is 4.09. The van der Waals surface area contributed by atoms with E-state index in [2.05, 4.69) is 31.0 Å². The van der Waals surface area contributed by atoms with E-state index in [0.717, 1.165) is 12.2 Å². The third-order valence-electron chi connectivity index (χ3n) is 4.09. The van der Waals surface area contributed by atoms with Gasteiger partial charge in [0.05, 0.1) is 4.92 Å². The number of hydrogen-bond donors (Lipinski definition) is 1. The zero-order valence-corrected chi connectivity index (χ0v) is 14.9. The maximum Gasteiger partial charge on any atom is 0.285 e. The van der Waals surface area contributed by atoms with E-state index in [0.29, 0.717) is 17.3 Å². The molecule has 0 aliphatic carbocycles. The summed E-state index contributed by atoms with van der Waals surface area (Å²) in [6.45, 7) is 8.84. The van der Waals surface area contributed by atoms with Gasteiger partial charge in [-0.25, -0.2) is 0 Å². The van der Waals surface area contributed by atoms with Gasteiger partial charge in [-0.2, -0.15) is 0 Å². The summed E-state index contributed by atoms with van der Waals surface area (Å²) in [6, 6.07) is 12.6. The highest BCUT2D eigenvalue weighted by Crippen LogP contribution is 2.25. The highest BCUT2D eigenvalue weighted by molar-refractivity contribution is 6.07. The Kier molecular flexibility index (Phi) is 5.75. The minimum absolute atomic E-state index is 0.0615. The molecule has 0 heterocycles. The Bertz CT molecular complexity index is 770. The van der Waals surface area contributed by atoms with Crippen LogP contribution >= 0.6 is 0 Å². The summed E-state index contributed by atoms with van der Waals surface area (Å²) in [7, 11) is 0. The van der Waals surface area contributed by atoms with Crippen molar-refractivity contribution >= 4 is 23.0 Å². The molecule has 0 saturated carbocycles. The molecule has 0 aliphatic rings. The van der Waals surface area contributed by atoms with Crippen LogP contribution in [0.2, 0.25) is 0 Å². The Labute approximate surface area is 147 Å². The molecule has 6 heteroatoms. The molecule has 0 aliphatic heterocycles. The molecule has 0 saturated heterocycles. The fourth-order valence-electron chi connectivity index (χ4n) is 2.87. The van der Waals surface area contributed by atoms with Crippen LogP contribution in [0.4, 0.5) is 17.1 Å². The van der Waals surface area contributed by atoms with Crippen molar-refractivity contribution in [1.29, 1.82) is 0 Å². The fraction of sp³-hybridized carbons (Fsp3) is 0.316. The molecule has 1 amide bonds. The van der Waals surface area contributed by atoms with Crippen LogP contribution in [0, 0.1) is 17.0 Å². The smallest absolute Gasteiger partial charge is 0.285 e. The zero-order chi connectivity index (χ0) is 18.6. The maximum atomic E-state index is 12.4. The van der Waals surface area contributed by atoms with E-state index >= 15 is 0 Å². The van der Waals surface area contributed by atoms with E-state index < -0.39 is 10.8 Å². The minimum Gasteiger partial charge on any atom is -0.369 e. The second-order valence-corrected chi connectivity index (χ2v) is 6.11. The lowest BCUT2D eigenvalue weighted by Gasteiger charge is -2.27. The van der Waals surface area contributed by atoms with Gasteiger partial charge in [0.15, 0.2) is 0 Å². The topological polar surface area (TPSA) is 75.5 Å². The highest BCUT2D eigenvalue weighted by Gasteiger charge is 2.22. The van der Waals surface area contributed by atoms with Crippen LogP contribution in [0.1, 0.15) is 36.7 Å². The van der Waals surface area contributed by atoms with Crippen LogP contribution in [0.5, 0.6) is 0 Å². The van der Waals surface area contributed by atoms with Crippen LogP contribution < -0.4 is 10.2 Å². The molecule has 0 spiro atoms. The first-order valence-electron chi connectivity index (χ1n) is 8.27. The van der Waals surface area contributed by atoms with Gasteiger partial charge in [0, 0.05) is 29.5 Å². The lowest BCUT2D eigenvalue weighted by molar-refractivity contribution is -0.385. The maximum absolute atomic E-state index is 12.4. The molecule has 6 nitrogen and oxygen atoms in total. The quantitative estimate of drug-likeness (QED) is 0.624. The summed E-state index contributed by atoms with van der Waals surface area (Å²) in [5.74, 6) is -0.487. The van der Waals surface area contributed by atoms with E-state index in [1.165, 1.54) is 6.07 Å². The molecule has 2 aromatic carbocycles. The van der Waals surface area contributed by atoms with E-state index in [4.69, 9.17) is 0 Å². The molecule has 0 atom stereocenters. The molecule has 1 N–H and O–H groups in total. The Morgan fingerprint density at radius 3 is 2.36 bits per heavy atom. The second-order valence-electron chi connectivity index (χ2n) is 6.11. The van der Waals surface area contributed by atoms with Crippen molar-refractivity contribution in [2.45, 2.75) is 33.7 Å². The van der Waals surface area contributed by atoms with Crippen molar-refractivity contribution in [2.24, 2.45) is 0 Å². The number of nitrogens with zero attached hydrogens (tertiary/aromatic N) is 2. The number of amides is 1. The molecule has 0 aromatic heterocycles. The summed E-state index contributed by atoms with van der Waals surface area (Å²) in [5, 5.41) is 14.0. The van der Waals surface area contributed by atoms with Crippen molar-refractivity contribution < 1.29 is 9.72 Å². The average Bonchev–Trinajstić information content (AvgIpc) is 2.56. The largest absolute Gasteiger partial charge is 0.369 e. The number of para-hydroxylation sites is 1. The number of carbonyl (C=O) groups excluding carboxylic acids is 1. The molecule has 132 valence electrons. The van der Waals surface area contributed by atoms with Crippen LogP contribution in [-0.4, -0.2) is 23.4 Å². The number of anilines is 2. The monoisotopic (exact) mass is 341 g/mol. The first-order chi connectivity index (χ1) is 11.8. The Hall–Kier alpha value is -2.89. The fourth-order valence-corrected chi connectivity index (χ4v) is 2.87. The summed E-state index contributed by atoms with van der Waals surface area (Å²) >= 11 is 0. The van der Waals surface area contributed by atoms with Crippen molar-refractivity contribution in [3.05, 3.63) is 63.7 Å². The number of aryl methyl sites for hydroxylation is 1. The normalized spacial score (nSPS) is 10.6. The number of nitro benzene ring substituents is 1. The predicted octanol–water partition coefficient (Wildman–Crippen LogP) is 4.39. The molecule has 0 radical (unpaired) electrons. The van der Waals surface area contributed by atoms with Crippen LogP contribution in [0.15, 0.2) is 42.5 Å². The van der Waals surface area contributed by atoms with Crippen molar-refractivity contribution in [1.82, 2.24) is 0 Å². The van der Waals surface area contributed by atoms with Crippen LogP contribution in [-0.2, 0) is 0 Å². The van der Waals surface area contributed by atoms with E-state index in [1.807, 2.05) is 12.1 Å². The van der Waals surface area contributed by atoms with Gasteiger partial charge >= 0.3 is 0 Å². The lowest BCUT2D eigenvalue weighted by Crippen LogP contribution is -2.30. The molecule has 0 fully saturated rings. The summed E-state index contributed by atoms with van der Waals surface area (Å²) in [5.41, 5.74) is 2.03. The lowest BCUT2D eigenvalue weighted by atomic mass is 10.1. The Balaban J connectivity index is 2.22. The molecule has 25 heavy (non-hydrogen) atoms. The number of hydrogen-bond acceptors (Lipinski definition) is 4. The molecule has 0 unspecified atom stereocenters. The highest BCUT2D eigenvalue weighted by atomic mass is 16.6. The Morgan fingerprint density at radius 1 is 1.20 bits per heavy atom. The van der Waals surface area contributed by atoms with Crippen molar-refractivity contribution in [3.63, 3.8) is 0 Å². The zero-order valence-electron chi connectivity index (χ0n) is 14.9.